The first-order valence-electron chi connectivity index (χ1n) is 9.71. The summed E-state index contributed by atoms with van der Waals surface area (Å²) in [6.07, 6.45) is 5.83. The molecule has 3 fully saturated rings. The van der Waals surface area contributed by atoms with Gasteiger partial charge in [-0.1, -0.05) is 42.5 Å². The van der Waals surface area contributed by atoms with E-state index in [4.69, 9.17) is 0 Å². The lowest BCUT2D eigenvalue weighted by molar-refractivity contribution is -0.134. The summed E-state index contributed by atoms with van der Waals surface area (Å²) >= 11 is 0. The predicted octanol–water partition coefficient (Wildman–Crippen LogP) is 3.68. The van der Waals surface area contributed by atoms with Crippen LogP contribution in [0.5, 0.6) is 0 Å². The zero-order valence-electron chi connectivity index (χ0n) is 14.8. The van der Waals surface area contributed by atoms with Crippen molar-refractivity contribution in [3.8, 4) is 0 Å². The van der Waals surface area contributed by atoms with Crippen LogP contribution in [0.4, 0.5) is 0 Å². The average molecular weight is 334 g/mol. The third-order valence-electron chi connectivity index (χ3n) is 6.67. The number of piperidine rings is 1. The molecule has 4 unspecified atom stereocenters. The van der Waals surface area contributed by atoms with E-state index in [0.717, 1.165) is 19.3 Å². The van der Waals surface area contributed by atoms with Crippen molar-refractivity contribution in [2.24, 2.45) is 5.92 Å². The van der Waals surface area contributed by atoms with Crippen molar-refractivity contribution in [1.82, 2.24) is 10.2 Å². The van der Waals surface area contributed by atoms with Crippen molar-refractivity contribution in [1.29, 1.82) is 0 Å². The highest BCUT2D eigenvalue weighted by Gasteiger charge is 2.47. The minimum atomic E-state index is 0.184. The maximum absolute atomic E-state index is 13.1. The van der Waals surface area contributed by atoms with Gasteiger partial charge < -0.3 is 10.2 Å². The number of benzene rings is 2. The third kappa shape index (κ3) is 2.65. The molecule has 2 aromatic carbocycles. The Hall–Kier alpha value is -1.87. The molecule has 2 saturated heterocycles. The third-order valence-corrected chi connectivity index (χ3v) is 6.67. The van der Waals surface area contributed by atoms with Crippen LogP contribution in [0.1, 0.15) is 43.6 Å². The number of hydrogen-bond donors (Lipinski definition) is 1. The Kier molecular flexibility index (Phi) is 3.60. The van der Waals surface area contributed by atoms with Gasteiger partial charge in [0.25, 0.3) is 0 Å². The van der Waals surface area contributed by atoms with Gasteiger partial charge in [0.05, 0.1) is 0 Å². The highest BCUT2D eigenvalue weighted by molar-refractivity contribution is 5.89. The highest BCUT2D eigenvalue weighted by Crippen LogP contribution is 2.50. The van der Waals surface area contributed by atoms with E-state index in [-0.39, 0.29) is 5.92 Å². The number of fused-ring (bicyclic) bond motifs is 3. The van der Waals surface area contributed by atoms with Crippen LogP contribution in [-0.4, -0.2) is 36.0 Å². The molecule has 5 rings (SSSR count). The molecule has 4 atom stereocenters. The fourth-order valence-corrected chi connectivity index (χ4v) is 5.17. The molecule has 3 aliphatic rings. The second-order valence-electron chi connectivity index (χ2n) is 8.23. The lowest BCUT2D eigenvalue weighted by Crippen LogP contribution is -2.49. The van der Waals surface area contributed by atoms with Crippen LogP contribution in [0.3, 0.4) is 0 Å². The van der Waals surface area contributed by atoms with Crippen LogP contribution < -0.4 is 5.32 Å². The molecule has 2 aliphatic heterocycles. The standard InChI is InChI=1S/C22H26N2O/c1-24(17-11-15-9-10-16(12-17)23-15)22(25)21-13-20(21)19-8-4-6-14-5-2-3-7-18(14)19/h2-8,15-17,20-21,23H,9-13H2,1H3. The zero-order chi connectivity index (χ0) is 17.0. The van der Waals surface area contributed by atoms with E-state index >= 15 is 0 Å². The van der Waals surface area contributed by atoms with Crippen molar-refractivity contribution in [3.05, 3.63) is 48.0 Å². The fourth-order valence-electron chi connectivity index (χ4n) is 5.17. The minimum Gasteiger partial charge on any atom is -0.342 e. The van der Waals surface area contributed by atoms with Gasteiger partial charge in [-0.05, 0) is 54.4 Å². The summed E-state index contributed by atoms with van der Waals surface area (Å²) < 4.78 is 0. The van der Waals surface area contributed by atoms with Crippen molar-refractivity contribution in [2.45, 2.75) is 56.1 Å². The smallest absolute Gasteiger partial charge is 0.226 e. The van der Waals surface area contributed by atoms with Gasteiger partial charge in [-0.3, -0.25) is 4.79 Å². The van der Waals surface area contributed by atoms with Gasteiger partial charge >= 0.3 is 0 Å². The molecule has 1 saturated carbocycles. The number of carbonyl (C=O) groups is 1. The second-order valence-corrected chi connectivity index (χ2v) is 8.23. The number of nitrogens with zero attached hydrogens (tertiary/aromatic N) is 1. The van der Waals surface area contributed by atoms with Gasteiger partial charge in [-0.25, -0.2) is 0 Å². The Bertz CT molecular complexity index is 799. The maximum atomic E-state index is 13.1. The fraction of sp³-hybridized carbons (Fsp3) is 0.500. The number of carbonyl (C=O) groups excluding carboxylic acids is 1. The Labute approximate surface area is 149 Å². The number of rotatable bonds is 3. The van der Waals surface area contributed by atoms with Crippen molar-refractivity contribution in [2.75, 3.05) is 7.05 Å². The number of amides is 1. The van der Waals surface area contributed by atoms with Gasteiger partial charge in [-0.15, -0.1) is 0 Å². The van der Waals surface area contributed by atoms with Gasteiger partial charge in [0, 0.05) is 31.1 Å². The molecule has 1 aliphatic carbocycles. The molecule has 0 radical (unpaired) electrons. The molecule has 130 valence electrons. The van der Waals surface area contributed by atoms with E-state index in [2.05, 4.69) is 52.7 Å². The monoisotopic (exact) mass is 334 g/mol. The summed E-state index contributed by atoms with van der Waals surface area (Å²) in [5, 5.41) is 6.27. The largest absolute Gasteiger partial charge is 0.342 e. The average Bonchev–Trinajstić information content (AvgIpc) is 3.38. The van der Waals surface area contributed by atoms with Crippen LogP contribution in [0.2, 0.25) is 0 Å². The maximum Gasteiger partial charge on any atom is 0.226 e. The summed E-state index contributed by atoms with van der Waals surface area (Å²) in [4.78, 5) is 15.1. The highest BCUT2D eigenvalue weighted by atomic mass is 16.2. The quantitative estimate of drug-likeness (QED) is 0.928. The second kappa shape index (κ2) is 5.84. The van der Waals surface area contributed by atoms with Crippen LogP contribution in [-0.2, 0) is 4.79 Å². The first-order valence-corrected chi connectivity index (χ1v) is 9.71. The number of hydrogen-bond acceptors (Lipinski definition) is 2. The summed E-state index contributed by atoms with van der Waals surface area (Å²) in [6.45, 7) is 0. The molecular weight excluding hydrogens is 308 g/mol. The molecule has 0 spiro atoms. The van der Waals surface area contributed by atoms with E-state index < -0.39 is 0 Å². The summed E-state index contributed by atoms with van der Waals surface area (Å²) in [5.74, 6) is 0.951. The molecule has 1 N–H and O–H groups in total. The van der Waals surface area contributed by atoms with Crippen LogP contribution in [0.25, 0.3) is 10.8 Å². The van der Waals surface area contributed by atoms with E-state index in [0.29, 0.717) is 30.0 Å². The summed E-state index contributed by atoms with van der Waals surface area (Å²) in [7, 11) is 2.04. The van der Waals surface area contributed by atoms with Gasteiger partial charge in [0.15, 0.2) is 0 Å². The van der Waals surface area contributed by atoms with Gasteiger partial charge in [0.1, 0.15) is 0 Å². The first kappa shape index (κ1) is 15.4. The Morgan fingerprint density at radius 2 is 1.72 bits per heavy atom. The molecule has 0 aromatic heterocycles. The lowest BCUT2D eigenvalue weighted by Gasteiger charge is -2.35. The topological polar surface area (TPSA) is 32.3 Å². The Morgan fingerprint density at radius 1 is 1.00 bits per heavy atom. The van der Waals surface area contributed by atoms with Crippen molar-refractivity contribution in [3.63, 3.8) is 0 Å². The van der Waals surface area contributed by atoms with E-state index in [1.807, 2.05) is 7.05 Å². The lowest BCUT2D eigenvalue weighted by atomic mass is 9.97. The molecule has 1 amide bonds. The molecule has 2 aromatic rings. The van der Waals surface area contributed by atoms with E-state index in [1.54, 1.807) is 0 Å². The van der Waals surface area contributed by atoms with E-state index in [1.165, 1.54) is 29.2 Å². The zero-order valence-corrected chi connectivity index (χ0v) is 14.8. The van der Waals surface area contributed by atoms with Crippen LogP contribution >= 0.6 is 0 Å². The summed E-state index contributed by atoms with van der Waals surface area (Å²) in [5.41, 5.74) is 1.36. The van der Waals surface area contributed by atoms with E-state index in [9.17, 15) is 4.79 Å². The SMILES string of the molecule is CN(C(=O)C1CC1c1cccc2ccccc12)C1CC2CCC(C1)N2. The van der Waals surface area contributed by atoms with Crippen molar-refractivity contribution >= 4 is 16.7 Å². The number of nitrogens with one attached hydrogen (secondary N) is 1. The molecule has 3 nitrogen and oxygen atoms in total. The van der Waals surface area contributed by atoms with Crippen LogP contribution in [0.15, 0.2) is 42.5 Å². The molecular formula is C22H26N2O. The summed E-state index contributed by atoms with van der Waals surface area (Å²) in [6, 6.07) is 16.7. The molecule has 2 bridgehead atoms. The van der Waals surface area contributed by atoms with Gasteiger partial charge in [-0.2, -0.15) is 0 Å². The Balaban J connectivity index is 1.32. The normalized spacial score (nSPS) is 33.4. The molecule has 25 heavy (non-hydrogen) atoms. The van der Waals surface area contributed by atoms with Crippen molar-refractivity contribution < 1.29 is 4.79 Å². The van der Waals surface area contributed by atoms with Gasteiger partial charge in [0.2, 0.25) is 5.91 Å². The van der Waals surface area contributed by atoms with Crippen LogP contribution in [0, 0.1) is 5.92 Å². The minimum absolute atomic E-state index is 0.184. The molecule has 3 heteroatoms. The molecule has 2 heterocycles. The predicted molar refractivity (Wildman–Crippen MR) is 101 cm³/mol. The Morgan fingerprint density at radius 3 is 2.52 bits per heavy atom. The first-order chi connectivity index (χ1) is 12.2.